The van der Waals surface area contributed by atoms with Crippen molar-refractivity contribution >= 4 is 40.1 Å². The maximum absolute atomic E-state index is 12.4. The number of ether oxygens (including phenoxy) is 1. The Morgan fingerprint density at radius 3 is 3.00 bits per heavy atom. The number of pyridine rings is 1. The van der Waals surface area contributed by atoms with E-state index in [4.69, 9.17) is 0 Å². The molecule has 0 saturated heterocycles. The molecule has 3 aromatic rings. The predicted molar refractivity (Wildman–Crippen MR) is 102 cm³/mol. The van der Waals surface area contributed by atoms with Crippen molar-refractivity contribution in [1.82, 2.24) is 15.0 Å². The highest BCUT2D eigenvalue weighted by Crippen LogP contribution is 2.26. The highest BCUT2D eigenvalue weighted by Gasteiger charge is 2.14. The summed E-state index contributed by atoms with van der Waals surface area (Å²) in [6.45, 7) is 2.03. The second-order valence-corrected chi connectivity index (χ2v) is 7.24. The molecule has 134 valence electrons. The smallest absolute Gasteiger partial charge is 0.354 e. The Bertz CT molecular complexity index is 935. The number of nitrogens with zero attached hydrogens (tertiary/aromatic N) is 2. The van der Waals surface area contributed by atoms with Crippen LogP contribution in [0.4, 0.5) is 5.13 Å². The first kappa shape index (κ1) is 18.2. The van der Waals surface area contributed by atoms with Gasteiger partial charge in [-0.3, -0.25) is 10.1 Å². The van der Waals surface area contributed by atoms with Crippen LogP contribution in [0.2, 0.25) is 0 Å². The normalized spacial score (nSPS) is 10.5. The summed E-state index contributed by atoms with van der Waals surface area (Å²) >= 11 is 2.89. The number of esters is 1. The summed E-state index contributed by atoms with van der Waals surface area (Å²) in [6, 6.07) is 5.08. The lowest BCUT2D eigenvalue weighted by Crippen LogP contribution is -2.11. The fourth-order valence-electron chi connectivity index (χ4n) is 2.18. The Kier molecular flexibility index (Phi) is 5.69. The van der Waals surface area contributed by atoms with Crippen molar-refractivity contribution < 1.29 is 14.3 Å². The molecule has 0 radical (unpaired) electrons. The van der Waals surface area contributed by atoms with Crippen molar-refractivity contribution in [3.63, 3.8) is 0 Å². The molecule has 0 aliphatic carbocycles. The number of hydrogen-bond donors (Lipinski definition) is 2. The van der Waals surface area contributed by atoms with Gasteiger partial charge in [0.05, 0.1) is 17.8 Å². The SMILES string of the molecule is CCSc1cc(C(=O)Nc2nc(-c3c[nH]c(C(=O)OC)c3)cs2)ccn1. The van der Waals surface area contributed by atoms with Crippen molar-refractivity contribution in [3.8, 4) is 11.3 Å². The van der Waals surface area contributed by atoms with Gasteiger partial charge in [0.1, 0.15) is 5.69 Å². The molecule has 0 aromatic carbocycles. The maximum atomic E-state index is 12.4. The highest BCUT2D eigenvalue weighted by molar-refractivity contribution is 7.99. The van der Waals surface area contributed by atoms with Gasteiger partial charge >= 0.3 is 5.97 Å². The number of methoxy groups -OCH3 is 1. The minimum Gasteiger partial charge on any atom is -0.464 e. The number of aromatic amines is 1. The summed E-state index contributed by atoms with van der Waals surface area (Å²) in [5.41, 5.74) is 2.28. The van der Waals surface area contributed by atoms with E-state index in [9.17, 15) is 9.59 Å². The molecule has 0 fully saturated rings. The summed E-state index contributed by atoms with van der Waals surface area (Å²) in [5.74, 6) is 0.201. The van der Waals surface area contributed by atoms with E-state index in [1.165, 1.54) is 18.4 Å². The molecule has 0 atom stereocenters. The molecule has 0 spiro atoms. The topological polar surface area (TPSA) is 97.0 Å². The van der Waals surface area contributed by atoms with Crippen LogP contribution in [0.3, 0.4) is 0 Å². The zero-order valence-electron chi connectivity index (χ0n) is 14.1. The number of thioether (sulfide) groups is 1. The molecule has 3 rings (SSSR count). The number of aromatic nitrogens is 3. The van der Waals surface area contributed by atoms with E-state index >= 15 is 0 Å². The van der Waals surface area contributed by atoms with E-state index in [2.05, 4.69) is 25.0 Å². The van der Waals surface area contributed by atoms with Crippen molar-refractivity contribution in [2.45, 2.75) is 11.9 Å². The minimum atomic E-state index is -0.446. The molecule has 3 heterocycles. The summed E-state index contributed by atoms with van der Waals surface area (Å²) < 4.78 is 4.67. The molecular weight excluding hydrogens is 372 g/mol. The van der Waals surface area contributed by atoms with Crippen LogP contribution in [-0.2, 0) is 4.74 Å². The Morgan fingerprint density at radius 1 is 1.38 bits per heavy atom. The number of hydrogen-bond acceptors (Lipinski definition) is 7. The van der Waals surface area contributed by atoms with Gasteiger partial charge in [-0.15, -0.1) is 23.1 Å². The minimum absolute atomic E-state index is 0.240. The fourth-order valence-corrected chi connectivity index (χ4v) is 3.54. The van der Waals surface area contributed by atoms with Gasteiger partial charge in [-0.25, -0.2) is 14.8 Å². The van der Waals surface area contributed by atoms with Crippen LogP contribution in [0.15, 0.2) is 41.0 Å². The third-order valence-electron chi connectivity index (χ3n) is 3.40. The first-order valence-electron chi connectivity index (χ1n) is 7.73. The quantitative estimate of drug-likeness (QED) is 0.494. The monoisotopic (exact) mass is 388 g/mol. The van der Waals surface area contributed by atoms with Gasteiger partial charge in [0.2, 0.25) is 0 Å². The summed E-state index contributed by atoms with van der Waals surface area (Å²) in [4.78, 5) is 35.4. The van der Waals surface area contributed by atoms with E-state index in [0.717, 1.165) is 16.3 Å². The molecule has 3 aromatic heterocycles. The van der Waals surface area contributed by atoms with E-state index in [1.807, 2.05) is 12.3 Å². The Balaban J connectivity index is 1.72. The van der Waals surface area contributed by atoms with Gasteiger partial charge in [0.25, 0.3) is 5.91 Å². The van der Waals surface area contributed by atoms with Crippen LogP contribution >= 0.6 is 23.1 Å². The Hall–Kier alpha value is -2.65. The zero-order chi connectivity index (χ0) is 18.5. The molecule has 9 heteroatoms. The fraction of sp³-hybridized carbons (Fsp3) is 0.176. The van der Waals surface area contributed by atoms with Crippen LogP contribution < -0.4 is 5.32 Å². The maximum Gasteiger partial charge on any atom is 0.354 e. The van der Waals surface area contributed by atoms with Gasteiger partial charge in [-0.2, -0.15) is 0 Å². The van der Waals surface area contributed by atoms with E-state index in [-0.39, 0.29) is 5.91 Å². The molecule has 0 bridgehead atoms. The number of carbonyl (C=O) groups excluding carboxylic acids is 2. The lowest BCUT2D eigenvalue weighted by molar-refractivity contribution is 0.0594. The standard InChI is InChI=1S/C17H16N4O3S2/c1-3-25-14-7-10(4-5-18-14)15(22)21-17-20-13(9-26-17)11-6-12(19-8-11)16(23)24-2/h4-9,19H,3H2,1-2H3,(H,20,21,22). The highest BCUT2D eigenvalue weighted by atomic mass is 32.2. The number of H-pyrrole nitrogens is 1. The molecule has 0 aliphatic rings. The van der Waals surface area contributed by atoms with Gasteiger partial charge < -0.3 is 9.72 Å². The van der Waals surface area contributed by atoms with Crippen LogP contribution in [0.25, 0.3) is 11.3 Å². The number of amides is 1. The molecule has 26 heavy (non-hydrogen) atoms. The van der Waals surface area contributed by atoms with Crippen molar-refractivity contribution in [1.29, 1.82) is 0 Å². The van der Waals surface area contributed by atoms with Gasteiger partial charge in [0.15, 0.2) is 5.13 Å². The van der Waals surface area contributed by atoms with Gasteiger partial charge in [0, 0.05) is 28.9 Å². The summed E-state index contributed by atoms with van der Waals surface area (Å²) in [6.07, 6.45) is 3.29. The Labute approximate surface area is 158 Å². The van der Waals surface area contributed by atoms with Crippen molar-refractivity contribution in [2.24, 2.45) is 0 Å². The summed E-state index contributed by atoms with van der Waals surface area (Å²) in [5, 5.41) is 5.89. The van der Waals surface area contributed by atoms with Crippen LogP contribution in [0.5, 0.6) is 0 Å². The molecule has 0 unspecified atom stereocenters. The second kappa shape index (κ2) is 8.15. The van der Waals surface area contributed by atoms with Gasteiger partial charge in [-0.1, -0.05) is 6.92 Å². The van der Waals surface area contributed by atoms with Gasteiger partial charge in [-0.05, 0) is 24.0 Å². The third-order valence-corrected chi connectivity index (χ3v) is 4.96. The van der Waals surface area contributed by atoms with Crippen molar-refractivity contribution in [3.05, 3.63) is 47.2 Å². The lowest BCUT2D eigenvalue weighted by Gasteiger charge is -2.03. The average molecular weight is 388 g/mol. The molecule has 1 amide bonds. The van der Waals surface area contributed by atoms with Crippen molar-refractivity contribution in [2.75, 3.05) is 18.2 Å². The number of carbonyl (C=O) groups is 2. The van der Waals surface area contributed by atoms with E-state index < -0.39 is 5.97 Å². The third kappa shape index (κ3) is 4.12. The average Bonchev–Trinajstić information content (AvgIpc) is 3.31. The number of thiazole rings is 1. The van der Waals surface area contributed by atoms with Crippen LogP contribution in [-0.4, -0.2) is 39.7 Å². The van der Waals surface area contributed by atoms with E-state index in [0.29, 0.717) is 22.1 Å². The molecular formula is C17H16N4O3S2. The largest absolute Gasteiger partial charge is 0.464 e. The van der Waals surface area contributed by atoms with Crippen LogP contribution in [0.1, 0.15) is 27.8 Å². The second-order valence-electron chi connectivity index (χ2n) is 5.10. The number of rotatable bonds is 6. The van der Waals surface area contributed by atoms with E-state index in [1.54, 1.807) is 42.4 Å². The summed E-state index contributed by atoms with van der Waals surface area (Å²) in [7, 11) is 1.32. The molecule has 0 saturated carbocycles. The molecule has 2 N–H and O–H groups in total. The number of nitrogens with one attached hydrogen (secondary N) is 2. The lowest BCUT2D eigenvalue weighted by atomic mass is 10.2. The molecule has 7 nitrogen and oxygen atoms in total. The first-order valence-corrected chi connectivity index (χ1v) is 9.60. The first-order chi connectivity index (χ1) is 12.6. The van der Waals surface area contributed by atoms with Crippen LogP contribution in [0, 0.1) is 0 Å². The zero-order valence-corrected chi connectivity index (χ0v) is 15.7. The number of anilines is 1. The molecule has 0 aliphatic heterocycles. The Morgan fingerprint density at radius 2 is 2.23 bits per heavy atom. The predicted octanol–water partition coefficient (Wildman–Crippen LogP) is 3.68.